The van der Waals surface area contributed by atoms with Gasteiger partial charge >= 0.3 is 0 Å². The Bertz CT molecular complexity index is 881. The van der Waals surface area contributed by atoms with Crippen molar-refractivity contribution < 1.29 is 14.6 Å². The molecule has 0 aliphatic heterocycles. The highest BCUT2D eigenvalue weighted by Crippen LogP contribution is 2.37. The van der Waals surface area contributed by atoms with E-state index in [0.717, 1.165) is 12.8 Å². The van der Waals surface area contributed by atoms with Crippen molar-refractivity contribution in [1.29, 1.82) is 0 Å². The van der Waals surface area contributed by atoms with E-state index in [1.807, 2.05) is 0 Å². The number of rotatable bonds is 16. The van der Waals surface area contributed by atoms with Crippen LogP contribution >= 0.6 is 0 Å². The molecular formula is C28H44O4. The minimum absolute atomic E-state index is 0.0118. The molecule has 0 amide bonds. The maximum atomic E-state index is 12.5. The van der Waals surface area contributed by atoms with Crippen molar-refractivity contribution in [3.63, 3.8) is 0 Å². The van der Waals surface area contributed by atoms with Gasteiger partial charge in [-0.15, -0.1) is 0 Å². The SMILES string of the molecule is CCCCCCCCCCCCCCCCCc1cc(=O)c2c(O)c(C)c(O)c(C)c2o1. The van der Waals surface area contributed by atoms with E-state index >= 15 is 0 Å². The van der Waals surface area contributed by atoms with Gasteiger partial charge in [-0.2, -0.15) is 0 Å². The minimum Gasteiger partial charge on any atom is -0.507 e. The van der Waals surface area contributed by atoms with E-state index in [1.54, 1.807) is 13.8 Å². The third-order valence-electron chi connectivity index (χ3n) is 6.67. The standard InChI is InChI=1S/C28H44O4/c1-4-5-6-7-8-9-10-11-12-13-14-15-16-17-18-19-23-20-24(29)25-27(31)21(2)26(30)22(3)28(25)32-23/h20,30-31H,4-19H2,1-3H3. The smallest absolute Gasteiger partial charge is 0.196 e. The van der Waals surface area contributed by atoms with Gasteiger partial charge in [-0.25, -0.2) is 0 Å². The summed E-state index contributed by atoms with van der Waals surface area (Å²) in [5.74, 6) is 0.431. The number of fused-ring (bicyclic) bond motifs is 1. The topological polar surface area (TPSA) is 70.7 Å². The second-order valence-electron chi connectivity index (χ2n) is 9.43. The van der Waals surface area contributed by atoms with Gasteiger partial charge in [0.15, 0.2) is 5.43 Å². The average molecular weight is 445 g/mol. The van der Waals surface area contributed by atoms with Crippen molar-refractivity contribution in [3.8, 4) is 11.5 Å². The molecule has 0 saturated carbocycles. The maximum Gasteiger partial charge on any atom is 0.196 e. The first-order chi connectivity index (χ1) is 15.5. The Labute approximate surface area is 194 Å². The van der Waals surface area contributed by atoms with Crippen molar-refractivity contribution in [2.45, 2.75) is 124 Å². The quantitative estimate of drug-likeness (QED) is 0.256. The summed E-state index contributed by atoms with van der Waals surface area (Å²) >= 11 is 0. The summed E-state index contributed by atoms with van der Waals surface area (Å²) in [6.07, 6.45) is 20.5. The first-order valence-electron chi connectivity index (χ1n) is 12.9. The second-order valence-corrected chi connectivity index (χ2v) is 9.43. The molecule has 0 bridgehead atoms. The van der Waals surface area contributed by atoms with Gasteiger partial charge in [0.2, 0.25) is 0 Å². The lowest BCUT2D eigenvalue weighted by Gasteiger charge is -2.11. The number of aromatic hydroxyl groups is 2. The van der Waals surface area contributed by atoms with E-state index < -0.39 is 0 Å². The number of unbranched alkanes of at least 4 members (excludes halogenated alkanes) is 14. The highest BCUT2D eigenvalue weighted by molar-refractivity contribution is 5.89. The van der Waals surface area contributed by atoms with Crippen molar-refractivity contribution >= 4 is 11.0 Å². The Kier molecular flexibility index (Phi) is 11.7. The molecule has 1 aromatic heterocycles. The zero-order chi connectivity index (χ0) is 23.3. The van der Waals surface area contributed by atoms with Gasteiger partial charge in [0, 0.05) is 23.6 Å². The predicted molar refractivity (Wildman–Crippen MR) is 134 cm³/mol. The molecule has 0 aliphatic rings. The predicted octanol–water partition coefficient (Wildman–Crippen LogP) is 8.23. The van der Waals surface area contributed by atoms with Gasteiger partial charge in [0.25, 0.3) is 0 Å². The van der Waals surface area contributed by atoms with Crippen LogP contribution in [0.5, 0.6) is 11.5 Å². The number of benzene rings is 1. The Morgan fingerprint density at radius 3 is 1.66 bits per heavy atom. The van der Waals surface area contributed by atoms with E-state index in [4.69, 9.17) is 4.42 Å². The third kappa shape index (κ3) is 7.86. The summed E-state index contributed by atoms with van der Waals surface area (Å²) < 4.78 is 5.89. The highest BCUT2D eigenvalue weighted by atomic mass is 16.3. The molecule has 180 valence electrons. The first-order valence-corrected chi connectivity index (χ1v) is 12.9. The number of hydrogen-bond acceptors (Lipinski definition) is 4. The lowest BCUT2D eigenvalue weighted by molar-refractivity contribution is 0.439. The molecule has 4 heteroatoms. The highest BCUT2D eigenvalue weighted by Gasteiger charge is 2.18. The molecule has 0 unspecified atom stereocenters. The van der Waals surface area contributed by atoms with Crippen LogP contribution in [0, 0.1) is 13.8 Å². The zero-order valence-corrected chi connectivity index (χ0v) is 20.6. The first kappa shape index (κ1) is 26.3. The molecule has 2 aromatic rings. The summed E-state index contributed by atoms with van der Waals surface area (Å²) in [6.45, 7) is 5.58. The largest absolute Gasteiger partial charge is 0.507 e. The molecule has 0 aliphatic carbocycles. The Morgan fingerprint density at radius 1 is 0.688 bits per heavy atom. The molecule has 0 spiro atoms. The van der Waals surface area contributed by atoms with Crippen molar-refractivity contribution in [3.05, 3.63) is 33.2 Å². The summed E-state index contributed by atoms with van der Waals surface area (Å²) in [5.41, 5.74) is 0.878. The molecule has 4 nitrogen and oxygen atoms in total. The molecular weight excluding hydrogens is 400 g/mol. The molecule has 1 aromatic carbocycles. The molecule has 32 heavy (non-hydrogen) atoms. The van der Waals surface area contributed by atoms with Crippen LogP contribution in [0.25, 0.3) is 11.0 Å². The van der Waals surface area contributed by atoms with Crippen LogP contribution in [0.4, 0.5) is 0 Å². The van der Waals surface area contributed by atoms with E-state index in [9.17, 15) is 15.0 Å². The monoisotopic (exact) mass is 444 g/mol. The lowest BCUT2D eigenvalue weighted by atomic mass is 10.0. The molecule has 0 fully saturated rings. The minimum atomic E-state index is -0.245. The fourth-order valence-electron chi connectivity index (χ4n) is 4.51. The van der Waals surface area contributed by atoms with Crippen LogP contribution in [0.15, 0.2) is 15.3 Å². The van der Waals surface area contributed by atoms with Crippen LogP contribution in [-0.2, 0) is 6.42 Å². The number of phenols is 2. The van der Waals surface area contributed by atoms with Gasteiger partial charge in [-0.1, -0.05) is 96.8 Å². The van der Waals surface area contributed by atoms with E-state index in [1.165, 1.54) is 89.5 Å². The van der Waals surface area contributed by atoms with Crippen LogP contribution in [0.3, 0.4) is 0 Å². The van der Waals surface area contributed by atoms with Gasteiger partial charge in [-0.05, 0) is 20.3 Å². The summed E-state index contributed by atoms with van der Waals surface area (Å²) in [5, 5.41) is 20.6. The summed E-state index contributed by atoms with van der Waals surface area (Å²) in [7, 11) is 0. The van der Waals surface area contributed by atoms with Crippen LogP contribution in [-0.4, -0.2) is 10.2 Å². The molecule has 2 N–H and O–H groups in total. The van der Waals surface area contributed by atoms with E-state index in [-0.39, 0.29) is 22.3 Å². The normalized spacial score (nSPS) is 11.5. The van der Waals surface area contributed by atoms with Gasteiger partial charge < -0.3 is 14.6 Å². The molecule has 0 radical (unpaired) electrons. The molecule has 2 rings (SSSR count). The zero-order valence-electron chi connectivity index (χ0n) is 20.6. The fraction of sp³-hybridized carbons (Fsp3) is 0.679. The van der Waals surface area contributed by atoms with Gasteiger partial charge in [0.05, 0.1) is 0 Å². The molecule has 1 heterocycles. The second kappa shape index (κ2) is 14.2. The van der Waals surface area contributed by atoms with Gasteiger partial charge in [-0.3, -0.25) is 4.79 Å². The molecule has 0 saturated heterocycles. The number of hydrogen-bond donors (Lipinski definition) is 2. The fourth-order valence-corrected chi connectivity index (χ4v) is 4.51. The van der Waals surface area contributed by atoms with Crippen molar-refractivity contribution in [2.75, 3.05) is 0 Å². The Hall–Kier alpha value is -1.97. The lowest BCUT2D eigenvalue weighted by Crippen LogP contribution is -2.04. The number of aryl methyl sites for hydroxylation is 2. The average Bonchev–Trinajstić information content (AvgIpc) is 2.78. The van der Waals surface area contributed by atoms with Crippen LogP contribution in [0.1, 0.15) is 120 Å². The Morgan fingerprint density at radius 2 is 1.16 bits per heavy atom. The number of phenolic OH excluding ortho intramolecular Hbond substituents is 2. The maximum absolute atomic E-state index is 12.5. The summed E-state index contributed by atoms with van der Waals surface area (Å²) in [6, 6.07) is 1.49. The van der Waals surface area contributed by atoms with Crippen LogP contribution in [0.2, 0.25) is 0 Å². The Balaban J connectivity index is 1.60. The third-order valence-corrected chi connectivity index (χ3v) is 6.67. The van der Waals surface area contributed by atoms with Crippen LogP contribution < -0.4 is 5.43 Å². The van der Waals surface area contributed by atoms with E-state index in [2.05, 4.69) is 6.92 Å². The van der Waals surface area contributed by atoms with Gasteiger partial charge in [0.1, 0.15) is 28.2 Å². The summed E-state index contributed by atoms with van der Waals surface area (Å²) in [4.78, 5) is 12.5. The van der Waals surface area contributed by atoms with E-state index in [0.29, 0.717) is 28.9 Å². The molecule has 0 atom stereocenters. The van der Waals surface area contributed by atoms with Crippen molar-refractivity contribution in [1.82, 2.24) is 0 Å². The van der Waals surface area contributed by atoms with Crippen molar-refractivity contribution in [2.24, 2.45) is 0 Å².